The lowest BCUT2D eigenvalue weighted by atomic mass is 9.99. The molecule has 2 N–H and O–H groups in total. The minimum Gasteiger partial charge on any atom is -0.496 e. The number of benzene rings is 1. The van der Waals surface area contributed by atoms with Crippen molar-refractivity contribution in [3.8, 4) is 5.75 Å². The Hall–Kier alpha value is -1.26. The Morgan fingerprint density at radius 2 is 2.05 bits per heavy atom. The van der Waals surface area contributed by atoms with Crippen molar-refractivity contribution in [3.05, 3.63) is 28.8 Å². The first-order valence-corrected chi connectivity index (χ1v) is 7.44. The van der Waals surface area contributed by atoms with Gasteiger partial charge in [0.05, 0.1) is 12.7 Å². The van der Waals surface area contributed by atoms with Gasteiger partial charge < -0.3 is 15.4 Å². The van der Waals surface area contributed by atoms with Gasteiger partial charge in [0.15, 0.2) is 0 Å². The van der Waals surface area contributed by atoms with Crippen LogP contribution < -0.4 is 15.4 Å². The Morgan fingerprint density at radius 3 is 2.70 bits per heavy atom. The molecule has 2 aliphatic rings. The summed E-state index contributed by atoms with van der Waals surface area (Å²) in [5.41, 5.74) is 0.505. The molecule has 1 aromatic rings. The van der Waals surface area contributed by atoms with Gasteiger partial charge in [0.25, 0.3) is 5.91 Å². The summed E-state index contributed by atoms with van der Waals surface area (Å²) in [7, 11) is 1.56. The molecular formula is C15H19ClN2O2. The van der Waals surface area contributed by atoms with Gasteiger partial charge in [-0.05, 0) is 43.9 Å². The van der Waals surface area contributed by atoms with Crippen molar-refractivity contribution in [3.63, 3.8) is 0 Å². The van der Waals surface area contributed by atoms with E-state index in [1.165, 1.54) is 12.8 Å². The van der Waals surface area contributed by atoms with Crippen LogP contribution in [0.15, 0.2) is 18.2 Å². The Labute approximate surface area is 123 Å². The van der Waals surface area contributed by atoms with Crippen LogP contribution in [0.25, 0.3) is 0 Å². The number of carbonyl (C=O) groups is 1. The van der Waals surface area contributed by atoms with Crippen molar-refractivity contribution in [1.29, 1.82) is 0 Å². The van der Waals surface area contributed by atoms with Crippen molar-refractivity contribution < 1.29 is 9.53 Å². The van der Waals surface area contributed by atoms with Gasteiger partial charge in [0.2, 0.25) is 0 Å². The monoisotopic (exact) mass is 294 g/mol. The number of rotatable bonds is 3. The molecule has 2 heterocycles. The number of piperidine rings is 1. The molecular weight excluding hydrogens is 276 g/mol. The van der Waals surface area contributed by atoms with Gasteiger partial charge >= 0.3 is 0 Å². The summed E-state index contributed by atoms with van der Waals surface area (Å²) in [5.74, 6) is 0.458. The SMILES string of the molecule is COc1ccc(Cl)cc1C(=O)NC1CC2CCC(C1)N2. The molecule has 2 unspecified atom stereocenters. The summed E-state index contributed by atoms with van der Waals surface area (Å²) in [6, 6.07) is 6.46. The second kappa shape index (κ2) is 5.62. The number of fused-ring (bicyclic) bond motifs is 2. The minimum absolute atomic E-state index is 0.101. The second-order valence-corrected chi connectivity index (χ2v) is 6.06. The van der Waals surface area contributed by atoms with E-state index in [4.69, 9.17) is 16.3 Å². The molecule has 108 valence electrons. The first-order valence-electron chi connectivity index (χ1n) is 7.06. The number of amides is 1. The lowest BCUT2D eigenvalue weighted by Gasteiger charge is -2.29. The number of hydrogen-bond acceptors (Lipinski definition) is 3. The average molecular weight is 295 g/mol. The van der Waals surface area contributed by atoms with E-state index in [2.05, 4.69) is 10.6 Å². The van der Waals surface area contributed by atoms with Crippen LogP contribution in [0.2, 0.25) is 5.02 Å². The molecule has 4 nitrogen and oxygen atoms in total. The fourth-order valence-corrected chi connectivity index (χ4v) is 3.47. The van der Waals surface area contributed by atoms with Crippen LogP contribution in [0.5, 0.6) is 5.75 Å². The largest absolute Gasteiger partial charge is 0.496 e. The molecule has 0 aromatic heterocycles. The summed E-state index contributed by atoms with van der Waals surface area (Å²) in [5, 5.41) is 7.23. The van der Waals surface area contributed by atoms with Crippen LogP contribution in [0.3, 0.4) is 0 Å². The number of carbonyl (C=O) groups excluding carboxylic acids is 1. The van der Waals surface area contributed by atoms with E-state index in [1.54, 1.807) is 25.3 Å². The van der Waals surface area contributed by atoms with Crippen LogP contribution in [-0.2, 0) is 0 Å². The summed E-state index contributed by atoms with van der Waals surface area (Å²) in [6.07, 6.45) is 4.45. The van der Waals surface area contributed by atoms with Gasteiger partial charge in [-0.25, -0.2) is 0 Å². The van der Waals surface area contributed by atoms with Crippen molar-refractivity contribution in [2.45, 2.75) is 43.8 Å². The highest BCUT2D eigenvalue weighted by Gasteiger charge is 2.34. The van der Waals surface area contributed by atoms with Crippen LogP contribution in [0.1, 0.15) is 36.0 Å². The average Bonchev–Trinajstić information content (AvgIpc) is 2.78. The van der Waals surface area contributed by atoms with Crippen LogP contribution in [0, 0.1) is 0 Å². The lowest BCUT2D eigenvalue weighted by molar-refractivity contribution is 0.0921. The van der Waals surface area contributed by atoms with Gasteiger partial charge in [-0.3, -0.25) is 4.79 Å². The third-order valence-electron chi connectivity index (χ3n) is 4.21. The highest BCUT2D eigenvalue weighted by Crippen LogP contribution is 2.28. The minimum atomic E-state index is -0.101. The van der Waals surface area contributed by atoms with Gasteiger partial charge in [-0.2, -0.15) is 0 Å². The van der Waals surface area contributed by atoms with Crippen molar-refractivity contribution in [2.75, 3.05) is 7.11 Å². The third kappa shape index (κ3) is 2.76. The predicted molar refractivity (Wildman–Crippen MR) is 78.4 cm³/mol. The van der Waals surface area contributed by atoms with E-state index < -0.39 is 0 Å². The molecule has 2 saturated heterocycles. The quantitative estimate of drug-likeness (QED) is 0.900. The fourth-order valence-electron chi connectivity index (χ4n) is 3.30. The molecule has 2 atom stereocenters. The zero-order chi connectivity index (χ0) is 14.1. The fraction of sp³-hybridized carbons (Fsp3) is 0.533. The topological polar surface area (TPSA) is 50.4 Å². The van der Waals surface area contributed by atoms with Crippen molar-refractivity contribution in [1.82, 2.24) is 10.6 Å². The smallest absolute Gasteiger partial charge is 0.255 e. The van der Waals surface area contributed by atoms with E-state index in [0.717, 1.165) is 12.8 Å². The molecule has 2 aliphatic heterocycles. The zero-order valence-corrected chi connectivity index (χ0v) is 12.2. The number of ether oxygens (including phenoxy) is 1. The van der Waals surface area contributed by atoms with Gasteiger partial charge in [-0.15, -0.1) is 0 Å². The van der Waals surface area contributed by atoms with Gasteiger partial charge in [0.1, 0.15) is 5.75 Å². The standard InChI is InChI=1S/C15H19ClN2O2/c1-20-14-5-2-9(16)6-13(14)15(19)18-12-7-10-3-4-11(8-12)17-10/h2,5-6,10-12,17H,3-4,7-8H2,1H3,(H,18,19). The van der Waals surface area contributed by atoms with Crippen molar-refractivity contribution >= 4 is 17.5 Å². The number of halogens is 1. The molecule has 2 bridgehead atoms. The summed E-state index contributed by atoms with van der Waals surface area (Å²) in [6.45, 7) is 0. The predicted octanol–water partition coefficient (Wildman–Crippen LogP) is 2.36. The molecule has 0 aliphatic carbocycles. The van der Waals surface area contributed by atoms with Gasteiger partial charge in [0, 0.05) is 23.1 Å². The van der Waals surface area contributed by atoms with E-state index >= 15 is 0 Å². The lowest BCUT2D eigenvalue weighted by Crippen LogP contribution is -2.48. The Morgan fingerprint density at radius 1 is 1.35 bits per heavy atom. The van der Waals surface area contributed by atoms with Crippen LogP contribution in [0.4, 0.5) is 0 Å². The molecule has 0 radical (unpaired) electrons. The maximum Gasteiger partial charge on any atom is 0.255 e. The Kier molecular flexibility index (Phi) is 3.85. The maximum absolute atomic E-state index is 12.4. The molecule has 1 amide bonds. The maximum atomic E-state index is 12.4. The molecule has 2 fully saturated rings. The highest BCUT2D eigenvalue weighted by atomic mass is 35.5. The molecule has 20 heavy (non-hydrogen) atoms. The summed E-state index contributed by atoms with van der Waals surface area (Å²) in [4.78, 5) is 12.4. The van der Waals surface area contributed by atoms with E-state index in [0.29, 0.717) is 28.4 Å². The summed E-state index contributed by atoms with van der Waals surface area (Å²) >= 11 is 5.97. The molecule has 3 rings (SSSR count). The van der Waals surface area contributed by atoms with E-state index in [9.17, 15) is 4.79 Å². The summed E-state index contributed by atoms with van der Waals surface area (Å²) < 4.78 is 5.23. The van der Waals surface area contributed by atoms with Crippen molar-refractivity contribution in [2.24, 2.45) is 0 Å². The zero-order valence-electron chi connectivity index (χ0n) is 11.5. The molecule has 0 spiro atoms. The highest BCUT2D eigenvalue weighted by molar-refractivity contribution is 6.31. The normalized spacial score (nSPS) is 28.2. The first kappa shape index (κ1) is 13.7. The molecule has 1 aromatic carbocycles. The number of methoxy groups -OCH3 is 1. The van der Waals surface area contributed by atoms with Crippen LogP contribution in [-0.4, -0.2) is 31.1 Å². The number of nitrogens with one attached hydrogen (secondary N) is 2. The van der Waals surface area contributed by atoms with Gasteiger partial charge in [-0.1, -0.05) is 11.6 Å². The van der Waals surface area contributed by atoms with E-state index in [1.807, 2.05) is 0 Å². The van der Waals surface area contributed by atoms with Crippen LogP contribution >= 0.6 is 11.6 Å². The number of hydrogen-bond donors (Lipinski definition) is 2. The molecule has 5 heteroatoms. The first-order chi connectivity index (χ1) is 9.65. The second-order valence-electron chi connectivity index (χ2n) is 5.62. The Bertz CT molecular complexity index is 509. The molecule has 0 saturated carbocycles. The Balaban J connectivity index is 1.71. The van der Waals surface area contributed by atoms with E-state index in [-0.39, 0.29) is 11.9 Å². The third-order valence-corrected chi connectivity index (χ3v) is 4.45.